The molecule has 0 bridgehead atoms. The van der Waals surface area contributed by atoms with Gasteiger partial charge in [-0.15, -0.1) is 0 Å². The Morgan fingerprint density at radius 3 is 2.41 bits per heavy atom. The lowest BCUT2D eigenvalue weighted by Gasteiger charge is -2.28. The van der Waals surface area contributed by atoms with Crippen molar-refractivity contribution in [2.75, 3.05) is 13.1 Å². The number of phenols is 1. The first kappa shape index (κ1) is 31.5. The second-order valence-electron chi connectivity index (χ2n) is 10.4. The lowest BCUT2D eigenvalue weighted by atomic mass is 9.95. The topological polar surface area (TPSA) is 202 Å². The van der Waals surface area contributed by atoms with E-state index in [-0.39, 0.29) is 24.3 Å². The SMILES string of the molecule is NCCCCCCc1cc([N+](=O)[O-])ccc1C[C@H](NC(=O)[C@@H]1CCCN1C(=O)[C@@H](N)Cc1ccc(O)cc1)C(=O)O. The number of benzene rings is 2. The van der Waals surface area contributed by atoms with E-state index in [0.717, 1.165) is 31.2 Å². The number of aryl methyl sites for hydroxylation is 1. The summed E-state index contributed by atoms with van der Waals surface area (Å²) in [5.41, 5.74) is 13.7. The van der Waals surface area contributed by atoms with Crippen LogP contribution in [0.3, 0.4) is 0 Å². The summed E-state index contributed by atoms with van der Waals surface area (Å²) in [5.74, 6) is -2.13. The highest BCUT2D eigenvalue weighted by Gasteiger charge is 2.37. The van der Waals surface area contributed by atoms with Crippen LogP contribution in [0.15, 0.2) is 42.5 Å². The van der Waals surface area contributed by atoms with Crippen LogP contribution in [-0.2, 0) is 33.6 Å². The number of nitro benzene ring substituents is 1. The molecule has 0 saturated carbocycles. The number of nitrogens with zero attached hydrogens (tertiary/aromatic N) is 2. The fourth-order valence-corrected chi connectivity index (χ4v) is 5.15. The molecule has 1 aliphatic heterocycles. The molecule has 1 heterocycles. The number of amides is 2. The molecule has 222 valence electrons. The van der Waals surface area contributed by atoms with Gasteiger partial charge in [0.25, 0.3) is 5.69 Å². The van der Waals surface area contributed by atoms with Crippen molar-refractivity contribution in [3.05, 3.63) is 69.3 Å². The van der Waals surface area contributed by atoms with Crippen molar-refractivity contribution in [3.63, 3.8) is 0 Å². The number of aromatic hydroxyl groups is 1. The number of nitro groups is 1. The number of non-ortho nitro benzene ring substituents is 1. The third-order valence-electron chi connectivity index (χ3n) is 7.39. The summed E-state index contributed by atoms with van der Waals surface area (Å²) in [7, 11) is 0. The van der Waals surface area contributed by atoms with Crippen LogP contribution in [0.4, 0.5) is 5.69 Å². The second kappa shape index (κ2) is 15.1. The minimum atomic E-state index is -1.29. The van der Waals surface area contributed by atoms with Crippen molar-refractivity contribution in [1.29, 1.82) is 0 Å². The third kappa shape index (κ3) is 8.98. The lowest BCUT2D eigenvalue weighted by Crippen LogP contribution is -2.54. The molecule has 3 atom stereocenters. The average molecular weight is 570 g/mol. The largest absolute Gasteiger partial charge is 0.508 e. The number of likely N-dealkylation sites (tertiary alicyclic amines) is 1. The van der Waals surface area contributed by atoms with Gasteiger partial charge in [0, 0.05) is 25.1 Å². The molecule has 1 saturated heterocycles. The Labute approximate surface area is 238 Å². The van der Waals surface area contributed by atoms with E-state index in [1.807, 2.05) is 0 Å². The number of hydrogen-bond donors (Lipinski definition) is 5. The number of carbonyl (C=O) groups is 3. The van der Waals surface area contributed by atoms with Crippen LogP contribution < -0.4 is 16.8 Å². The number of carboxylic acid groups (broad SMARTS) is 1. The van der Waals surface area contributed by atoms with Gasteiger partial charge in [-0.25, -0.2) is 4.79 Å². The van der Waals surface area contributed by atoms with Crippen molar-refractivity contribution in [2.24, 2.45) is 11.5 Å². The summed E-state index contributed by atoms with van der Waals surface area (Å²) in [6, 6.07) is 7.64. The first-order valence-corrected chi connectivity index (χ1v) is 13.9. The van der Waals surface area contributed by atoms with Crippen molar-refractivity contribution in [1.82, 2.24) is 10.2 Å². The van der Waals surface area contributed by atoms with E-state index < -0.39 is 40.8 Å². The molecule has 0 spiro atoms. The van der Waals surface area contributed by atoms with Gasteiger partial charge in [0.1, 0.15) is 17.8 Å². The second-order valence-corrected chi connectivity index (χ2v) is 10.4. The Morgan fingerprint density at radius 1 is 1.05 bits per heavy atom. The molecule has 0 unspecified atom stereocenters. The quantitative estimate of drug-likeness (QED) is 0.121. The summed E-state index contributed by atoms with van der Waals surface area (Å²) in [4.78, 5) is 50.8. The van der Waals surface area contributed by atoms with Gasteiger partial charge in [-0.05, 0) is 73.9 Å². The molecule has 0 aliphatic carbocycles. The standard InChI is InChI=1S/C29H39N5O7/c30-14-4-2-1-3-6-20-17-22(34(40)41)11-10-21(20)18-25(29(38)39)32-27(36)26-7-5-15-33(26)28(37)24(31)16-19-8-12-23(35)13-9-19/h8-13,17,24-26,35H,1-7,14-16,18,30-31H2,(H,32,36)(H,38,39)/t24-,25-,26-/m0/s1. The number of nitrogens with one attached hydrogen (secondary N) is 1. The molecule has 12 nitrogen and oxygen atoms in total. The number of nitrogens with two attached hydrogens (primary N) is 2. The highest BCUT2D eigenvalue weighted by molar-refractivity contribution is 5.92. The molecule has 3 rings (SSSR count). The lowest BCUT2D eigenvalue weighted by molar-refractivity contribution is -0.384. The van der Waals surface area contributed by atoms with E-state index in [1.165, 1.54) is 29.2 Å². The van der Waals surface area contributed by atoms with Gasteiger partial charge in [-0.1, -0.05) is 31.0 Å². The molecular weight excluding hydrogens is 530 g/mol. The molecule has 0 radical (unpaired) electrons. The van der Waals surface area contributed by atoms with Gasteiger partial charge in [0.05, 0.1) is 11.0 Å². The Bertz CT molecular complexity index is 1220. The summed E-state index contributed by atoms with van der Waals surface area (Å²) in [6.07, 6.45) is 5.12. The molecule has 2 amide bonds. The number of rotatable bonds is 15. The smallest absolute Gasteiger partial charge is 0.326 e. The highest BCUT2D eigenvalue weighted by Crippen LogP contribution is 2.23. The van der Waals surface area contributed by atoms with Crippen molar-refractivity contribution < 1.29 is 29.5 Å². The molecule has 0 aromatic heterocycles. The van der Waals surface area contributed by atoms with Gasteiger partial charge in [0.2, 0.25) is 11.8 Å². The molecule has 1 fully saturated rings. The Hall–Kier alpha value is -4.03. The normalized spacial score (nSPS) is 16.2. The van der Waals surface area contributed by atoms with E-state index in [9.17, 15) is 34.7 Å². The van der Waals surface area contributed by atoms with Crippen LogP contribution in [0.5, 0.6) is 5.75 Å². The third-order valence-corrected chi connectivity index (χ3v) is 7.39. The van der Waals surface area contributed by atoms with Crippen LogP contribution in [0.25, 0.3) is 0 Å². The number of carbonyl (C=O) groups excluding carboxylic acids is 2. The van der Waals surface area contributed by atoms with Crippen LogP contribution in [0.1, 0.15) is 55.2 Å². The molecule has 1 aliphatic rings. The van der Waals surface area contributed by atoms with E-state index >= 15 is 0 Å². The number of phenolic OH excluding ortho intramolecular Hbond substituents is 1. The molecule has 41 heavy (non-hydrogen) atoms. The molecular formula is C29H39N5O7. The summed E-state index contributed by atoms with van der Waals surface area (Å²) < 4.78 is 0. The molecule has 12 heteroatoms. The van der Waals surface area contributed by atoms with Crippen molar-refractivity contribution in [2.45, 2.75) is 75.9 Å². The number of carboxylic acids is 1. The Kier molecular flexibility index (Phi) is 11.6. The van der Waals surface area contributed by atoms with Gasteiger partial charge in [0.15, 0.2) is 0 Å². The number of unbranched alkanes of at least 4 members (excludes halogenated alkanes) is 3. The van der Waals surface area contributed by atoms with E-state index in [1.54, 1.807) is 18.2 Å². The monoisotopic (exact) mass is 569 g/mol. The maximum Gasteiger partial charge on any atom is 0.326 e. The molecule has 2 aromatic rings. The zero-order chi connectivity index (χ0) is 29.9. The van der Waals surface area contributed by atoms with E-state index in [0.29, 0.717) is 43.5 Å². The molecule has 2 aromatic carbocycles. The van der Waals surface area contributed by atoms with Gasteiger partial charge < -0.3 is 31.9 Å². The van der Waals surface area contributed by atoms with Crippen molar-refractivity contribution in [3.8, 4) is 5.75 Å². The van der Waals surface area contributed by atoms with Gasteiger partial charge in [-0.3, -0.25) is 19.7 Å². The Morgan fingerprint density at radius 2 is 1.76 bits per heavy atom. The molecule has 7 N–H and O–H groups in total. The highest BCUT2D eigenvalue weighted by atomic mass is 16.6. The van der Waals surface area contributed by atoms with Crippen molar-refractivity contribution >= 4 is 23.5 Å². The van der Waals surface area contributed by atoms with Gasteiger partial charge >= 0.3 is 5.97 Å². The van der Waals surface area contributed by atoms with Crippen LogP contribution in [-0.4, -0.2) is 69.0 Å². The minimum absolute atomic E-state index is 0.0573. The number of hydrogen-bond acceptors (Lipinski definition) is 8. The summed E-state index contributed by atoms with van der Waals surface area (Å²) >= 11 is 0. The zero-order valence-corrected chi connectivity index (χ0v) is 23.0. The minimum Gasteiger partial charge on any atom is -0.508 e. The van der Waals surface area contributed by atoms with Crippen LogP contribution in [0, 0.1) is 10.1 Å². The average Bonchev–Trinajstić information content (AvgIpc) is 3.44. The zero-order valence-electron chi connectivity index (χ0n) is 23.0. The predicted octanol–water partition coefficient (Wildman–Crippen LogP) is 2.03. The first-order valence-electron chi connectivity index (χ1n) is 13.9. The predicted molar refractivity (Wildman–Crippen MR) is 152 cm³/mol. The Balaban J connectivity index is 1.69. The maximum absolute atomic E-state index is 13.2. The first-order chi connectivity index (χ1) is 19.6. The van der Waals surface area contributed by atoms with Gasteiger partial charge in [-0.2, -0.15) is 0 Å². The number of aliphatic carboxylic acids is 1. The van der Waals surface area contributed by atoms with Crippen LogP contribution >= 0.6 is 0 Å². The maximum atomic E-state index is 13.2. The van der Waals surface area contributed by atoms with Crippen LogP contribution in [0.2, 0.25) is 0 Å². The fraction of sp³-hybridized carbons (Fsp3) is 0.483. The summed E-state index contributed by atoms with van der Waals surface area (Å²) in [5, 5.41) is 33.3. The van der Waals surface area contributed by atoms with E-state index in [4.69, 9.17) is 11.5 Å². The van der Waals surface area contributed by atoms with E-state index in [2.05, 4.69) is 5.32 Å². The summed E-state index contributed by atoms with van der Waals surface area (Å²) in [6.45, 7) is 0.922. The fourth-order valence-electron chi connectivity index (χ4n) is 5.15.